The highest BCUT2D eigenvalue weighted by atomic mass is 19.4. The molecule has 1 unspecified atom stereocenters. The van der Waals surface area contributed by atoms with Gasteiger partial charge >= 0.3 is 18.5 Å². The van der Waals surface area contributed by atoms with Crippen LogP contribution in [0.5, 0.6) is 5.75 Å². The highest BCUT2D eigenvalue weighted by molar-refractivity contribution is 5.90. The molecule has 0 amide bonds. The molecule has 0 saturated carbocycles. The summed E-state index contributed by atoms with van der Waals surface area (Å²) in [5.74, 6) is -2.04. The minimum absolute atomic E-state index is 0.0302. The smallest absolute Gasteiger partial charge is 0.478 e. The van der Waals surface area contributed by atoms with Crippen LogP contribution in [-0.4, -0.2) is 23.6 Å². The fourth-order valence-corrected chi connectivity index (χ4v) is 2.98. The van der Waals surface area contributed by atoms with E-state index in [0.717, 1.165) is 18.2 Å². The van der Waals surface area contributed by atoms with Crippen molar-refractivity contribution >= 4 is 11.7 Å². The number of rotatable bonds is 4. The first kappa shape index (κ1) is 21.5. The summed E-state index contributed by atoms with van der Waals surface area (Å²) in [7, 11) is 0. The molecule has 1 aliphatic rings. The second-order valence-corrected chi connectivity index (χ2v) is 6.41. The van der Waals surface area contributed by atoms with E-state index in [0.29, 0.717) is 17.7 Å². The van der Waals surface area contributed by atoms with Crippen LogP contribution >= 0.6 is 0 Å². The van der Waals surface area contributed by atoms with E-state index in [1.54, 1.807) is 0 Å². The van der Waals surface area contributed by atoms with Gasteiger partial charge in [0.15, 0.2) is 0 Å². The number of aromatic carboxylic acids is 1. The first-order valence-corrected chi connectivity index (χ1v) is 8.26. The van der Waals surface area contributed by atoms with Crippen LogP contribution < -0.4 is 10.2 Å². The highest BCUT2D eigenvalue weighted by Crippen LogP contribution is 2.48. The minimum atomic E-state index is -5.08. The maximum atomic E-state index is 14.0. The molecule has 0 radical (unpaired) electrons. The second-order valence-electron chi connectivity index (χ2n) is 6.41. The van der Waals surface area contributed by atoms with E-state index in [-0.39, 0.29) is 16.8 Å². The molecule has 2 N–H and O–H groups in total. The van der Waals surface area contributed by atoms with Gasteiger partial charge in [-0.1, -0.05) is 18.2 Å². The number of benzene rings is 2. The number of carbonyl (C=O) groups is 1. The molecule has 0 bridgehead atoms. The van der Waals surface area contributed by atoms with Gasteiger partial charge in [-0.15, -0.1) is 13.2 Å². The van der Waals surface area contributed by atoms with E-state index in [9.17, 15) is 31.1 Å². The van der Waals surface area contributed by atoms with Crippen molar-refractivity contribution in [1.82, 2.24) is 5.48 Å². The molecule has 1 heterocycles. The Labute approximate surface area is 165 Å². The number of aryl methyl sites for hydroxylation is 1. The van der Waals surface area contributed by atoms with Gasteiger partial charge in [0.2, 0.25) is 5.60 Å². The zero-order chi connectivity index (χ0) is 22.3. The zero-order valence-electron chi connectivity index (χ0n) is 15.1. The lowest BCUT2D eigenvalue weighted by atomic mass is 9.91. The number of hydrogen-bond donors (Lipinski definition) is 2. The lowest BCUT2D eigenvalue weighted by molar-refractivity contribution is -0.275. The average molecular weight is 433 g/mol. The Kier molecular flexibility index (Phi) is 5.19. The van der Waals surface area contributed by atoms with Crippen molar-refractivity contribution in [2.24, 2.45) is 0 Å². The van der Waals surface area contributed by atoms with E-state index in [1.807, 2.05) is 0 Å². The molecule has 11 heteroatoms. The molecule has 3 rings (SSSR count). The molecule has 0 aromatic heterocycles. The third kappa shape index (κ3) is 4.06. The predicted molar refractivity (Wildman–Crippen MR) is 91.2 cm³/mol. The minimum Gasteiger partial charge on any atom is -0.478 e. The standard InChI is InChI=1S/C19H13F6NO4/c1-10-7-11(5-6-14(10)16(27)28)15-9-17(30-26-15,18(20,21)22)12-3-2-4-13(8-12)29-19(23,24)25/h2-9,26H,1H3,(H,27,28). The van der Waals surface area contributed by atoms with Gasteiger partial charge in [-0.25, -0.2) is 4.79 Å². The molecule has 1 aliphatic heterocycles. The molecular formula is C19H13F6NO4. The lowest BCUT2D eigenvalue weighted by Gasteiger charge is -2.28. The molecular weight excluding hydrogens is 420 g/mol. The summed E-state index contributed by atoms with van der Waals surface area (Å²) in [5.41, 5.74) is -1.25. The Bertz CT molecular complexity index is 1010. The fourth-order valence-electron chi connectivity index (χ4n) is 2.98. The third-order valence-corrected chi connectivity index (χ3v) is 4.35. The van der Waals surface area contributed by atoms with E-state index in [2.05, 4.69) is 10.2 Å². The van der Waals surface area contributed by atoms with Crippen molar-refractivity contribution in [2.75, 3.05) is 0 Å². The van der Waals surface area contributed by atoms with Crippen molar-refractivity contribution in [3.8, 4) is 5.75 Å². The van der Waals surface area contributed by atoms with Crippen LogP contribution in [0.25, 0.3) is 5.70 Å². The molecule has 0 fully saturated rings. The summed E-state index contributed by atoms with van der Waals surface area (Å²) < 4.78 is 82.9. The SMILES string of the molecule is Cc1cc(C2=CC(c3cccc(OC(F)(F)F)c3)(C(F)(F)F)ON2)ccc1C(=O)O. The van der Waals surface area contributed by atoms with E-state index in [1.165, 1.54) is 25.1 Å². The average Bonchev–Trinajstić information content (AvgIpc) is 3.07. The van der Waals surface area contributed by atoms with Gasteiger partial charge in [-0.3, -0.25) is 10.3 Å². The maximum absolute atomic E-state index is 14.0. The Balaban J connectivity index is 2.07. The summed E-state index contributed by atoms with van der Waals surface area (Å²) >= 11 is 0. The number of hydrogen-bond acceptors (Lipinski definition) is 4. The summed E-state index contributed by atoms with van der Waals surface area (Å²) in [6.07, 6.45) is -9.45. The fraction of sp³-hybridized carbons (Fsp3) is 0.211. The molecule has 0 aliphatic carbocycles. The van der Waals surface area contributed by atoms with Gasteiger partial charge in [0.05, 0.1) is 11.3 Å². The van der Waals surface area contributed by atoms with Gasteiger partial charge in [0.25, 0.3) is 0 Å². The first-order chi connectivity index (χ1) is 13.8. The van der Waals surface area contributed by atoms with Crippen LogP contribution in [0.15, 0.2) is 48.5 Å². The van der Waals surface area contributed by atoms with Crippen LogP contribution in [0.4, 0.5) is 26.3 Å². The van der Waals surface area contributed by atoms with Gasteiger partial charge in [-0.2, -0.15) is 13.2 Å². The van der Waals surface area contributed by atoms with Crippen LogP contribution in [0.3, 0.4) is 0 Å². The Morgan fingerprint density at radius 2 is 1.80 bits per heavy atom. The van der Waals surface area contributed by atoms with Gasteiger partial charge in [0, 0.05) is 5.56 Å². The summed E-state index contributed by atoms with van der Waals surface area (Å²) in [6.45, 7) is 1.47. The Hall–Kier alpha value is -3.21. The predicted octanol–water partition coefficient (Wildman–Crippen LogP) is 4.93. The van der Waals surface area contributed by atoms with Crippen LogP contribution in [0.2, 0.25) is 0 Å². The summed E-state index contributed by atoms with van der Waals surface area (Å²) in [5, 5.41) is 9.07. The normalized spacial score (nSPS) is 19.2. The first-order valence-electron chi connectivity index (χ1n) is 8.26. The molecule has 2 aromatic carbocycles. The number of hydroxylamine groups is 1. The quantitative estimate of drug-likeness (QED) is 0.670. The van der Waals surface area contributed by atoms with E-state index in [4.69, 9.17) is 9.94 Å². The maximum Gasteiger partial charge on any atom is 0.573 e. The number of halogens is 6. The molecule has 0 spiro atoms. The molecule has 160 valence electrons. The van der Waals surface area contributed by atoms with Crippen LogP contribution in [-0.2, 0) is 10.4 Å². The van der Waals surface area contributed by atoms with Crippen molar-refractivity contribution in [3.63, 3.8) is 0 Å². The van der Waals surface area contributed by atoms with Crippen molar-refractivity contribution in [3.05, 3.63) is 70.8 Å². The van der Waals surface area contributed by atoms with Crippen molar-refractivity contribution < 1.29 is 45.8 Å². The van der Waals surface area contributed by atoms with Crippen LogP contribution in [0.1, 0.15) is 27.0 Å². The second kappa shape index (κ2) is 7.24. The molecule has 1 atom stereocenters. The van der Waals surface area contributed by atoms with Gasteiger partial charge in [0.1, 0.15) is 5.75 Å². The zero-order valence-corrected chi connectivity index (χ0v) is 15.1. The number of carboxylic acids is 1. The van der Waals surface area contributed by atoms with Gasteiger partial charge in [-0.05, 0) is 48.4 Å². The number of alkyl halides is 6. The van der Waals surface area contributed by atoms with Crippen LogP contribution in [0, 0.1) is 6.92 Å². The summed E-state index contributed by atoms with van der Waals surface area (Å²) in [6, 6.07) is 7.24. The number of nitrogens with one attached hydrogen (secondary N) is 1. The van der Waals surface area contributed by atoms with E-state index < -0.39 is 35.4 Å². The van der Waals surface area contributed by atoms with E-state index >= 15 is 0 Å². The van der Waals surface area contributed by atoms with Crippen molar-refractivity contribution in [2.45, 2.75) is 25.1 Å². The number of carboxylic acid groups (broad SMARTS) is 1. The Morgan fingerprint density at radius 3 is 2.37 bits per heavy atom. The van der Waals surface area contributed by atoms with Crippen molar-refractivity contribution in [1.29, 1.82) is 0 Å². The molecule has 0 saturated heterocycles. The monoisotopic (exact) mass is 433 g/mol. The highest BCUT2D eigenvalue weighted by Gasteiger charge is 2.59. The molecule has 30 heavy (non-hydrogen) atoms. The van der Waals surface area contributed by atoms with Gasteiger partial charge < -0.3 is 9.84 Å². The number of ether oxygens (including phenoxy) is 1. The Morgan fingerprint density at radius 1 is 1.10 bits per heavy atom. The topological polar surface area (TPSA) is 67.8 Å². The lowest BCUT2D eigenvalue weighted by Crippen LogP contribution is -2.42. The summed E-state index contributed by atoms with van der Waals surface area (Å²) in [4.78, 5) is 15.9. The molecule has 5 nitrogen and oxygen atoms in total. The third-order valence-electron chi connectivity index (χ3n) is 4.35. The molecule has 2 aromatic rings. The largest absolute Gasteiger partial charge is 0.573 e.